The van der Waals surface area contributed by atoms with Crippen LogP contribution in [-0.4, -0.2) is 42.9 Å². The van der Waals surface area contributed by atoms with Crippen LogP contribution in [0.15, 0.2) is 30.6 Å². The maximum atomic E-state index is 12.3. The van der Waals surface area contributed by atoms with Gasteiger partial charge in [0.25, 0.3) is 0 Å². The van der Waals surface area contributed by atoms with E-state index in [1.54, 1.807) is 20.4 Å². The number of hydrogen-bond donors (Lipinski definition) is 1. The molecule has 158 valence electrons. The van der Waals surface area contributed by atoms with E-state index in [2.05, 4.69) is 24.1 Å². The van der Waals surface area contributed by atoms with Crippen LogP contribution in [0.3, 0.4) is 0 Å². The first-order valence-electron chi connectivity index (χ1n) is 9.93. The fraction of sp³-hybridized carbons (Fsp3) is 0.545. The molecule has 0 saturated heterocycles. The molecule has 29 heavy (non-hydrogen) atoms. The van der Waals surface area contributed by atoms with Gasteiger partial charge in [-0.15, -0.1) is 0 Å². The van der Waals surface area contributed by atoms with Crippen molar-refractivity contribution in [1.29, 1.82) is 0 Å². The minimum absolute atomic E-state index is 0.0858. The van der Waals surface area contributed by atoms with Crippen LogP contribution in [0.1, 0.15) is 38.2 Å². The second kappa shape index (κ2) is 8.45. The Kier molecular flexibility index (Phi) is 6.17. The van der Waals surface area contributed by atoms with Crippen molar-refractivity contribution < 1.29 is 19.0 Å². The molecule has 1 aromatic carbocycles. The number of nitrogens with one attached hydrogen (secondary N) is 1. The van der Waals surface area contributed by atoms with Crippen LogP contribution in [0.4, 0.5) is 0 Å². The van der Waals surface area contributed by atoms with Gasteiger partial charge in [-0.25, -0.2) is 4.98 Å². The largest absolute Gasteiger partial charge is 0.497 e. The Morgan fingerprint density at radius 2 is 1.90 bits per heavy atom. The van der Waals surface area contributed by atoms with Crippen molar-refractivity contribution >= 4 is 5.97 Å². The molecule has 3 atom stereocenters. The van der Waals surface area contributed by atoms with Crippen LogP contribution < -0.4 is 14.8 Å². The summed E-state index contributed by atoms with van der Waals surface area (Å²) in [7, 11) is 5.24. The summed E-state index contributed by atoms with van der Waals surface area (Å²) >= 11 is 0. The van der Waals surface area contributed by atoms with Gasteiger partial charge in [0.15, 0.2) is 0 Å². The molecule has 1 heterocycles. The third-order valence-corrected chi connectivity index (χ3v) is 5.96. The topological polar surface area (TPSA) is 74.6 Å². The molecule has 0 spiro atoms. The number of ether oxygens (including phenoxy) is 3. The summed E-state index contributed by atoms with van der Waals surface area (Å²) < 4.78 is 18.1. The minimum atomic E-state index is -0.168. The molecule has 0 aliphatic heterocycles. The van der Waals surface area contributed by atoms with E-state index in [1.807, 2.05) is 42.9 Å². The number of carbonyl (C=O) groups is 1. The average molecular weight is 402 g/mol. The molecule has 2 aromatic rings. The molecule has 0 amide bonds. The van der Waals surface area contributed by atoms with E-state index in [0.29, 0.717) is 13.2 Å². The Morgan fingerprint density at radius 1 is 1.24 bits per heavy atom. The quantitative estimate of drug-likeness (QED) is 0.651. The van der Waals surface area contributed by atoms with Crippen molar-refractivity contribution in [3.63, 3.8) is 0 Å². The van der Waals surface area contributed by atoms with Gasteiger partial charge in [0.2, 0.25) is 0 Å². The fourth-order valence-electron chi connectivity index (χ4n) is 4.08. The lowest BCUT2D eigenvalue weighted by Gasteiger charge is -2.21. The van der Waals surface area contributed by atoms with E-state index in [0.717, 1.165) is 22.9 Å². The van der Waals surface area contributed by atoms with E-state index in [1.165, 1.54) is 0 Å². The number of esters is 1. The Balaban J connectivity index is 1.85. The van der Waals surface area contributed by atoms with Crippen LogP contribution in [0.2, 0.25) is 0 Å². The first kappa shape index (κ1) is 21.2. The summed E-state index contributed by atoms with van der Waals surface area (Å²) in [5, 5.41) is 3.62. The second-order valence-corrected chi connectivity index (χ2v) is 8.04. The lowest BCUT2D eigenvalue weighted by molar-refractivity contribution is -0.145. The number of rotatable bonds is 9. The number of carbonyl (C=O) groups excluding carboxylic acids is 1. The Labute approximate surface area is 172 Å². The summed E-state index contributed by atoms with van der Waals surface area (Å²) in [6, 6.07) is 5.64. The predicted molar refractivity (Wildman–Crippen MR) is 110 cm³/mol. The highest BCUT2D eigenvalue weighted by Crippen LogP contribution is 2.58. The number of benzene rings is 1. The molecule has 1 N–H and O–H groups in total. The Bertz CT molecular complexity index is 839. The molecule has 7 nitrogen and oxygen atoms in total. The van der Waals surface area contributed by atoms with Crippen LogP contribution in [0.5, 0.6) is 11.5 Å². The third-order valence-electron chi connectivity index (χ3n) is 5.96. The zero-order valence-electron chi connectivity index (χ0n) is 18.1. The number of aryl methyl sites for hydroxylation is 1. The monoisotopic (exact) mass is 401 g/mol. The number of nitrogens with zero attached hydrogens (tertiary/aromatic N) is 2. The van der Waals surface area contributed by atoms with Crippen molar-refractivity contribution in [2.45, 2.75) is 26.8 Å². The van der Waals surface area contributed by atoms with Gasteiger partial charge in [-0.2, -0.15) is 0 Å². The van der Waals surface area contributed by atoms with E-state index in [9.17, 15) is 4.79 Å². The first-order chi connectivity index (χ1) is 13.8. The van der Waals surface area contributed by atoms with Gasteiger partial charge in [-0.1, -0.05) is 13.8 Å². The van der Waals surface area contributed by atoms with Gasteiger partial charge in [-0.3, -0.25) is 4.79 Å². The van der Waals surface area contributed by atoms with Crippen LogP contribution in [0, 0.1) is 17.3 Å². The van der Waals surface area contributed by atoms with Crippen molar-refractivity contribution in [1.82, 2.24) is 14.9 Å². The zero-order chi connectivity index (χ0) is 21.2. The normalized spacial score (nSPS) is 20.8. The molecule has 1 aliphatic carbocycles. The molecule has 0 radical (unpaired) electrons. The molecule has 0 bridgehead atoms. The summed E-state index contributed by atoms with van der Waals surface area (Å²) in [6.07, 6.45) is 3.70. The lowest BCUT2D eigenvalue weighted by atomic mass is 10.0. The summed E-state index contributed by atoms with van der Waals surface area (Å²) in [6.45, 7) is 7.16. The van der Waals surface area contributed by atoms with Crippen molar-refractivity contribution in [3.05, 3.63) is 42.0 Å². The number of imidazole rings is 1. The fourth-order valence-corrected chi connectivity index (χ4v) is 4.08. The van der Waals surface area contributed by atoms with Crippen LogP contribution in [-0.2, 0) is 16.6 Å². The number of hydrogen-bond acceptors (Lipinski definition) is 6. The van der Waals surface area contributed by atoms with Gasteiger partial charge in [0.1, 0.15) is 17.3 Å². The van der Waals surface area contributed by atoms with Gasteiger partial charge < -0.3 is 24.1 Å². The Hall–Kier alpha value is -2.54. The minimum Gasteiger partial charge on any atom is -0.497 e. The maximum absolute atomic E-state index is 12.3. The molecule has 1 aromatic heterocycles. The average Bonchev–Trinajstić information content (AvgIpc) is 3.00. The molecule has 1 fully saturated rings. The van der Waals surface area contributed by atoms with Gasteiger partial charge >= 0.3 is 5.97 Å². The highest BCUT2D eigenvalue weighted by molar-refractivity contribution is 5.77. The van der Waals surface area contributed by atoms with E-state index in [4.69, 9.17) is 14.2 Å². The molecular weight excluding hydrogens is 370 g/mol. The standard InChI is InChI=1S/C22H31N3O4/c1-7-29-21(26)18-17(22(18,2)3)13-24-19(20-23-8-9-25(20)4)14-10-15(27-5)12-16(11-14)28-6/h8-12,17-19,24H,7,13H2,1-6H3/t17-,18+,19-/m1/s1. The maximum Gasteiger partial charge on any atom is 0.309 e. The van der Waals surface area contributed by atoms with E-state index in [-0.39, 0.29) is 29.3 Å². The van der Waals surface area contributed by atoms with E-state index >= 15 is 0 Å². The van der Waals surface area contributed by atoms with Gasteiger partial charge in [-0.05, 0) is 36.0 Å². The number of methoxy groups -OCH3 is 2. The highest BCUT2D eigenvalue weighted by atomic mass is 16.5. The predicted octanol–water partition coefficient (Wildman–Crippen LogP) is 2.95. The SMILES string of the molecule is CCOC(=O)[C@@H]1[C@@H](CN[C@H](c2cc(OC)cc(OC)c2)c2nccn2C)C1(C)C. The second-order valence-electron chi connectivity index (χ2n) is 8.04. The molecule has 0 unspecified atom stereocenters. The molecular formula is C22H31N3O4. The van der Waals surface area contributed by atoms with Crippen LogP contribution >= 0.6 is 0 Å². The van der Waals surface area contributed by atoms with Crippen molar-refractivity contribution in [2.75, 3.05) is 27.4 Å². The Morgan fingerprint density at radius 3 is 2.41 bits per heavy atom. The highest BCUT2D eigenvalue weighted by Gasteiger charge is 2.62. The van der Waals surface area contributed by atoms with Crippen LogP contribution in [0.25, 0.3) is 0 Å². The smallest absolute Gasteiger partial charge is 0.309 e. The zero-order valence-corrected chi connectivity index (χ0v) is 18.1. The van der Waals surface area contributed by atoms with E-state index < -0.39 is 0 Å². The molecule has 7 heteroatoms. The van der Waals surface area contributed by atoms with Gasteiger partial charge in [0.05, 0.1) is 32.8 Å². The number of aromatic nitrogens is 2. The van der Waals surface area contributed by atoms with Crippen molar-refractivity contribution in [2.24, 2.45) is 24.3 Å². The molecule has 3 rings (SSSR count). The molecule has 1 saturated carbocycles. The summed E-state index contributed by atoms with van der Waals surface area (Å²) in [4.78, 5) is 16.8. The first-order valence-corrected chi connectivity index (χ1v) is 9.93. The van der Waals surface area contributed by atoms with Crippen molar-refractivity contribution in [3.8, 4) is 11.5 Å². The molecule has 1 aliphatic rings. The lowest BCUT2D eigenvalue weighted by Crippen LogP contribution is -2.28. The summed E-state index contributed by atoms with van der Waals surface area (Å²) in [5.41, 5.74) is 0.902. The summed E-state index contributed by atoms with van der Waals surface area (Å²) in [5.74, 6) is 2.33. The third kappa shape index (κ3) is 4.24. The van der Waals surface area contributed by atoms with Gasteiger partial charge in [0, 0.05) is 32.1 Å².